The minimum Gasteiger partial charge on any atom is -0.494 e. The molecule has 2 rings (SSSR count). The fourth-order valence-electron chi connectivity index (χ4n) is 3.10. The monoisotopic (exact) mass is 385 g/mol. The van der Waals surface area contributed by atoms with Gasteiger partial charge in [-0.2, -0.15) is 0 Å². The van der Waals surface area contributed by atoms with E-state index in [1.54, 1.807) is 6.07 Å². The summed E-state index contributed by atoms with van der Waals surface area (Å²) in [6, 6.07) is 2.71. The molecule has 1 saturated heterocycles. The zero-order valence-electron chi connectivity index (χ0n) is 17.2. The van der Waals surface area contributed by atoms with Crippen LogP contribution in [-0.2, 0) is 4.43 Å². The maximum Gasteiger partial charge on any atom is 0.192 e. The van der Waals surface area contributed by atoms with Crippen molar-refractivity contribution in [2.45, 2.75) is 65.3 Å². The quantitative estimate of drug-likeness (QED) is 0.616. The van der Waals surface area contributed by atoms with Crippen molar-refractivity contribution in [1.29, 1.82) is 0 Å². The van der Waals surface area contributed by atoms with Gasteiger partial charge in [0.05, 0.1) is 18.4 Å². The molecular formula is C20H33F2NO2Si. The van der Waals surface area contributed by atoms with Crippen molar-refractivity contribution < 1.29 is 17.9 Å². The Morgan fingerprint density at radius 3 is 2.42 bits per heavy atom. The second-order valence-electron chi connectivity index (χ2n) is 8.80. The molecule has 1 fully saturated rings. The van der Waals surface area contributed by atoms with E-state index in [1.807, 2.05) is 11.8 Å². The van der Waals surface area contributed by atoms with E-state index in [-0.39, 0.29) is 22.7 Å². The fourth-order valence-corrected chi connectivity index (χ4v) is 4.56. The summed E-state index contributed by atoms with van der Waals surface area (Å²) in [6.45, 7) is 16.9. The number of nitrogens with zero attached hydrogens (tertiary/aromatic N) is 1. The molecule has 0 spiro atoms. The van der Waals surface area contributed by atoms with Crippen LogP contribution in [-0.4, -0.2) is 34.1 Å². The molecule has 0 aliphatic carbocycles. The highest BCUT2D eigenvalue weighted by molar-refractivity contribution is 6.74. The standard InChI is InChI=1S/C20H33F2NO2Si/c1-8-24-15-11-16(21)19(22)17(12-15)23-10-9-18(14(2)13-23)25-26(6,7)20(3,4)5/h11-12,14,18H,8-10,13H2,1-7H3/t14-,18+/m0/s1. The van der Waals surface area contributed by atoms with Gasteiger partial charge in [0.15, 0.2) is 20.0 Å². The van der Waals surface area contributed by atoms with Crippen LogP contribution in [0.4, 0.5) is 14.5 Å². The van der Waals surface area contributed by atoms with E-state index in [2.05, 4.69) is 40.8 Å². The molecule has 26 heavy (non-hydrogen) atoms. The van der Waals surface area contributed by atoms with Gasteiger partial charge >= 0.3 is 0 Å². The van der Waals surface area contributed by atoms with Crippen molar-refractivity contribution in [1.82, 2.24) is 0 Å². The van der Waals surface area contributed by atoms with E-state index < -0.39 is 20.0 Å². The molecule has 6 heteroatoms. The molecule has 148 valence electrons. The lowest BCUT2D eigenvalue weighted by Gasteiger charge is -2.45. The van der Waals surface area contributed by atoms with Gasteiger partial charge in [0.2, 0.25) is 0 Å². The van der Waals surface area contributed by atoms with Gasteiger partial charge in [-0.05, 0) is 37.4 Å². The lowest BCUT2D eigenvalue weighted by molar-refractivity contribution is 0.106. The van der Waals surface area contributed by atoms with Crippen molar-refractivity contribution in [3.63, 3.8) is 0 Å². The van der Waals surface area contributed by atoms with Gasteiger partial charge in [-0.25, -0.2) is 8.78 Å². The van der Waals surface area contributed by atoms with Crippen molar-refractivity contribution >= 4 is 14.0 Å². The minimum absolute atomic E-state index is 0.158. The molecule has 0 N–H and O–H groups in total. The molecule has 1 aromatic carbocycles. The topological polar surface area (TPSA) is 21.7 Å². The van der Waals surface area contributed by atoms with E-state index in [4.69, 9.17) is 9.16 Å². The Morgan fingerprint density at radius 2 is 1.88 bits per heavy atom. The number of benzene rings is 1. The van der Waals surface area contributed by atoms with Crippen molar-refractivity contribution in [3.05, 3.63) is 23.8 Å². The van der Waals surface area contributed by atoms with Crippen LogP contribution in [0.1, 0.15) is 41.0 Å². The van der Waals surface area contributed by atoms with Crippen LogP contribution in [0.15, 0.2) is 12.1 Å². The third kappa shape index (κ3) is 4.57. The molecule has 0 amide bonds. The van der Waals surface area contributed by atoms with E-state index in [9.17, 15) is 8.78 Å². The maximum absolute atomic E-state index is 14.4. The third-order valence-electron chi connectivity index (χ3n) is 5.71. The third-order valence-corrected chi connectivity index (χ3v) is 10.2. The van der Waals surface area contributed by atoms with Crippen LogP contribution in [0.5, 0.6) is 5.75 Å². The van der Waals surface area contributed by atoms with Gasteiger partial charge in [0.1, 0.15) is 5.75 Å². The smallest absolute Gasteiger partial charge is 0.192 e. The normalized spacial score (nSPS) is 21.8. The average Bonchev–Trinajstić information content (AvgIpc) is 2.51. The summed E-state index contributed by atoms with van der Waals surface area (Å²) < 4.78 is 40.3. The first-order valence-electron chi connectivity index (χ1n) is 9.51. The highest BCUT2D eigenvalue weighted by Gasteiger charge is 2.41. The summed E-state index contributed by atoms with van der Waals surface area (Å²) in [4.78, 5) is 1.91. The van der Waals surface area contributed by atoms with Crippen LogP contribution >= 0.6 is 0 Å². The predicted octanol–water partition coefficient (Wildman–Crippen LogP) is 5.60. The molecule has 1 aromatic rings. The van der Waals surface area contributed by atoms with Gasteiger partial charge in [-0.15, -0.1) is 0 Å². The molecular weight excluding hydrogens is 352 g/mol. The largest absolute Gasteiger partial charge is 0.494 e. The summed E-state index contributed by atoms with van der Waals surface area (Å²) in [7, 11) is -1.85. The van der Waals surface area contributed by atoms with E-state index in [0.717, 1.165) is 12.5 Å². The molecule has 2 atom stereocenters. The van der Waals surface area contributed by atoms with Gasteiger partial charge in [0, 0.05) is 25.2 Å². The van der Waals surface area contributed by atoms with Crippen LogP contribution in [0, 0.1) is 17.6 Å². The van der Waals surface area contributed by atoms with Gasteiger partial charge in [-0.3, -0.25) is 0 Å². The number of rotatable bonds is 5. The summed E-state index contributed by atoms with van der Waals surface area (Å²) in [6.07, 6.45) is 0.975. The van der Waals surface area contributed by atoms with E-state index >= 15 is 0 Å². The van der Waals surface area contributed by atoms with Gasteiger partial charge < -0.3 is 14.1 Å². The molecule has 1 aliphatic heterocycles. The minimum atomic E-state index is -1.85. The number of hydrogen-bond acceptors (Lipinski definition) is 3. The van der Waals surface area contributed by atoms with Crippen molar-refractivity contribution in [3.8, 4) is 5.75 Å². The van der Waals surface area contributed by atoms with Crippen LogP contribution in [0.3, 0.4) is 0 Å². The number of anilines is 1. The van der Waals surface area contributed by atoms with E-state index in [0.29, 0.717) is 25.4 Å². The molecule has 3 nitrogen and oxygen atoms in total. The molecule has 0 aromatic heterocycles. The Bertz CT molecular complexity index is 631. The van der Waals surface area contributed by atoms with Gasteiger partial charge in [-0.1, -0.05) is 27.7 Å². The Labute approximate surface area is 157 Å². The summed E-state index contributed by atoms with van der Waals surface area (Å²) >= 11 is 0. The Balaban J connectivity index is 2.14. The average molecular weight is 386 g/mol. The molecule has 1 aliphatic rings. The SMILES string of the molecule is CCOc1cc(F)c(F)c(N2CC[C@@H](O[Si](C)(C)C(C)(C)C)[C@@H](C)C2)c1. The first-order chi connectivity index (χ1) is 12.0. The molecule has 1 heterocycles. The Hall–Kier alpha value is -1.14. The molecule has 0 unspecified atom stereocenters. The van der Waals surface area contributed by atoms with Crippen LogP contribution < -0.4 is 9.64 Å². The van der Waals surface area contributed by atoms with Crippen LogP contribution in [0.2, 0.25) is 18.1 Å². The fraction of sp³-hybridized carbons (Fsp3) is 0.700. The first kappa shape index (κ1) is 21.2. The number of hydrogen-bond donors (Lipinski definition) is 0. The molecule has 0 radical (unpaired) electrons. The van der Waals surface area contributed by atoms with E-state index in [1.165, 1.54) is 0 Å². The zero-order chi connectivity index (χ0) is 19.7. The Kier molecular flexibility index (Phi) is 6.39. The number of halogens is 2. The highest BCUT2D eigenvalue weighted by Crippen LogP contribution is 2.40. The highest BCUT2D eigenvalue weighted by atomic mass is 28.4. The summed E-state index contributed by atoms with van der Waals surface area (Å²) in [5.41, 5.74) is 0.283. The van der Waals surface area contributed by atoms with Crippen molar-refractivity contribution in [2.24, 2.45) is 5.92 Å². The first-order valence-corrected chi connectivity index (χ1v) is 12.4. The van der Waals surface area contributed by atoms with Crippen LogP contribution in [0.25, 0.3) is 0 Å². The zero-order valence-corrected chi connectivity index (χ0v) is 18.2. The molecule has 0 bridgehead atoms. The Morgan fingerprint density at radius 1 is 1.23 bits per heavy atom. The summed E-state index contributed by atoms with van der Waals surface area (Å²) in [5, 5.41) is 0.158. The lowest BCUT2D eigenvalue weighted by Crippen LogP contribution is -2.50. The second kappa shape index (κ2) is 7.85. The number of ether oxygens (including phenoxy) is 1. The lowest BCUT2D eigenvalue weighted by atomic mass is 9.96. The summed E-state index contributed by atoms with van der Waals surface area (Å²) in [5.74, 6) is -1.05. The number of piperidine rings is 1. The second-order valence-corrected chi connectivity index (χ2v) is 13.6. The van der Waals surface area contributed by atoms with Crippen molar-refractivity contribution in [2.75, 3.05) is 24.6 Å². The van der Waals surface area contributed by atoms with Gasteiger partial charge in [0.25, 0.3) is 0 Å². The maximum atomic E-state index is 14.4. The predicted molar refractivity (Wildman–Crippen MR) is 106 cm³/mol. The molecule has 0 saturated carbocycles.